The molecule has 0 aliphatic carbocycles. The molecule has 0 spiro atoms. The zero-order valence-corrected chi connectivity index (χ0v) is 8.11. The fourth-order valence-corrected chi connectivity index (χ4v) is 1.55. The number of carbonyl (C=O) groups excluding carboxylic acids is 2. The minimum atomic E-state index is -1.11. The van der Waals surface area contributed by atoms with Gasteiger partial charge in [0, 0.05) is 0 Å². The van der Waals surface area contributed by atoms with Gasteiger partial charge in [-0.25, -0.2) is 0 Å². The van der Waals surface area contributed by atoms with Crippen molar-refractivity contribution in [3.05, 3.63) is 0 Å². The van der Waals surface area contributed by atoms with Crippen molar-refractivity contribution < 1.29 is 19.6 Å². The van der Waals surface area contributed by atoms with E-state index in [0.29, 0.717) is 6.32 Å². The first kappa shape index (κ1) is 13.3. The lowest BCUT2D eigenvalue weighted by Crippen LogP contribution is -2.12. The van der Waals surface area contributed by atoms with Crippen LogP contribution in [0, 0.1) is 5.92 Å². The number of rotatable bonds is 4. The Labute approximate surface area is 83.6 Å². The van der Waals surface area contributed by atoms with Gasteiger partial charge in [-0.2, -0.15) is 9.59 Å². The lowest BCUT2D eigenvalue weighted by molar-refractivity contribution is -0.191. The third-order valence-electron chi connectivity index (χ3n) is 2.24. The van der Waals surface area contributed by atoms with Crippen LogP contribution in [0.25, 0.3) is 0 Å². The molecule has 14 heavy (non-hydrogen) atoms. The van der Waals surface area contributed by atoms with E-state index in [2.05, 4.69) is 5.32 Å². The molecule has 1 rings (SSSR count). The van der Waals surface area contributed by atoms with Gasteiger partial charge in [-0.3, -0.25) is 0 Å². The molecule has 1 heterocycles. The van der Waals surface area contributed by atoms with Crippen LogP contribution in [0.1, 0.15) is 19.3 Å². The van der Waals surface area contributed by atoms with E-state index in [0.717, 1.165) is 31.8 Å². The van der Waals surface area contributed by atoms with E-state index in [1.807, 2.05) is 0 Å². The summed E-state index contributed by atoms with van der Waals surface area (Å²) in [4.78, 5) is 16.2. The molecule has 0 saturated carbocycles. The average Bonchev–Trinajstić information content (AvgIpc) is 2.57. The Morgan fingerprint density at radius 1 is 1.43 bits per heavy atom. The van der Waals surface area contributed by atoms with E-state index in [9.17, 15) is 0 Å². The smallest absolute Gasteiger partial charge is 0.427 e. The summed E-state index contributed by atoms with van der Waals surface area (Å²) in [6, 6.07) is 0. The van der Waals surface area contributed by atoms with Crippen LogP contribution in [-0.2, 0) is 9.59 Å². The molecular formula is C8H16BNO4. The van der Waals surface area contributed by atoms with Gasteiger partial charge in [0.2, 0.25) is 0 Å². The minimum Gasteiger partial charge on any atom is -0.427 e. The molecule has 0 aromatic carbocycles. The highest BCUT2D eigenvalue weighted by atomic mass is 16.4. The van der Waals surface area contributed by atoms with Crippen molar-refractivity contribution in [2.45, 2.75) is 25.6 Å². The van der Waals surface area contributed by atoms with Gasteiger partial charge in [0.1, 0.15) is 0 Å². The van der Waals surface area contributed by atoms with Crippen LogP contribution in [0.15, 0.2) is 0 Å². The summed E-state index contributed by atoms with van der Waals surface area (Å²) in [5, 5.41) is 20.4. The van der Waals surface area contributed by atoms with Crippen LogP contribution in [0.5, 0.6) is 0 Å². The predicted octanol–water partition coefficient (Wildman–Crippen LogP) is -0.735. The topological polar surface area (TPSA) is 86.6 Å². The Bertz CT molecular complexity index is 165. The second kappa shape index (κ2) is 8.90. The Balaban J connectivity index is 0.000000500. The lowest BCUT2D eigenvalue weighted by Gasteiger charge is -2.06. The molecule has 1 aliphatic heterocycles. The monoisotopic (exact) mass is 201 g/mol. The standard InChI is InChI=1S/C7H16BNO2.CO2/c10-8(11)4-1-2-7-3-5-9-6-7;2-1-3/h7,9-11H,1-6H2;/t7-;/m0./s1. The molecule has 0 aromatic rings. The molecule has 6 heteroatoms. The average molecular weight is 201 g/mol. The maximum absolute atomic E-state index is 8.57. The van der Waals surface area contributed by atoms with E-state index in [1.165, 1.54) is 6.42 Å². The first-order valence-corrected chi connectivity index (χ1v) is 4.76. The maximum Gasteiger partial charge on any atom is 0.451 e. The Kier molecular flexibility index (Phi) is 8.47. The molecule has 0 bridgehead atoms. The first-order valence-electron chi connectivity index (χ1n) is 4.76. The number of hydrogen-bond acceptors (Lipinski definition) is 5. The van der Waals surface area contributed by atoms with Crippen LogP contribution < -0.4 is 5.32 Å². The van der Waals surface area contributed by atoms with Gasteiger partial charge in [0.25, 0.3) is 0 Å². The molecule has 0 aromatic heterocycles. The fourth-order valence-electron chi connectivity index (χ4n) is 1.55. The quantitative estimate of drug-likeness (QED) is 0.521. The summed E-state index contributed by atoms with van der Waals surface area (Å²) in [6.45, 7) is 2.24. The highest BCUT2D eigenvalue weighted by molar-refractivity contribution is 6.40. The molecule has 80 valence electrons. The third kappa shape index (κ3) is 7.95. The molecule has 5 nitrogen and oxygen atoms in total. The molecule has 1 aliphatic rings. The molecule has 1 saturated heterocycles. The van der Waals surface area contributed by atoms with Gasteiger partial charge in [0.05, 0.1) is 0 Å². The molecule has 0 radical (unpaired) electrons. The molecule has 3 N–H and O–H groups in total. The molecule has 0 unspecified atom stereocenters. The lowest BCUT2D eigenvalue weighted by atomic mass is 9.82. The van der Waals surface area contributed by atoms with Crippen LogP contribution >= 0.6 is 0 Å². The van der Waals surface area contributed by atoms with Gasteiger partial charge < -0.3 is 15.4 Å². The van der Waals surface area contributed by atoms with Crippen molar-refractivity contribution in [3.63, 3.8) is 0 Å². The van der Waals surface area contributed by atoms with E-state index in [1.54, 1.807) is 0 Å². The van der Waals surface area contributed by atoms with Crippen molar-refractivity contribution in [1.82, 2.24) is 5.32 Å². The van der Waals surface area contributed by atoms with Gasteiger partial charge in [-0.1, -0.05) is 6.42 Å². The van der Waals surface area contributed by atoms with E-state index >= 15 is 0 Å². The van der Waals surface area contributed by atoms with Crippen molar-refractivity contribution >= 4 is 13.3 Å². The number of nitrogens with one attached hydrogen (secondary N) is 1. The Morgan fingerprint density at radius 2 is 2.07 bits per heavy atom. The summed E-state index contributed by atoms with van der Waals surface area (Å²) in [5.41, 5.74) is 0. The molecule has 0 amide bonds. The Morgan fingerprint density at radius 3 is 2.50 bits per heavy atom. The normalized spacial score (nSPS) is 19.4. The van der Waals surface area contributed by atoms with Crippen LogP contribution in [0.4, 0.5) is 0 Å². The minimum absolute atomic E-state index is 0.250. The second-order valence-corrected chi connectivity index (χ2v) is 3.35. The maximum atomic E-state index is 8.57. The van der Waals surface area contributed by atoms with E-state index in [4.69, 9.17) is 19.6 Å². The summed E-state index contributed by atoms with van der Waals surface area (Å²) in [7, 11) is -1.11. The summed E-state index contributed by atoms with van der Waals surface area (Å²) in [5.74, 6) is 0.772. The van der Waals surface area contributed by atoms with Crippen LogP contribution in [0.3, 0.4) is 0 Å². The molecule has 1 atom stereocenters. The van der Waals surface area contributed by atoms with Crippen molar-refractivity contribution in [1.29, 1.82) is 0 Å². The summed E-state index contributed by atoms with van der Waals surface area (Å²) < 4.78 is 0. The van der Waals surface area contributed by atoms with Gasteiger partial charge >= 0.3 is 13.3 Å². The van der Waals surface area contributed by atoms with Crippen molar-refractivity contribution in [2.75, 3.05) is 13.1 Å². The van der Waals surface area contributed by atoms with Gasteiger partial charge in [-0.05, 0) is 38.2 Å². The highest BCUT2D eigenvalue weighted by Gasteiger charge is 2.15. The SMILES string of the molecule is O=C=O.OB(O)CCC[C@H]1CCNC1. The van der Waals surface area contributed by atoms with Crippen LogP contribution in [-0.4, -0.2) is 36.4 Å². The molecular weight excluding hydrogens is 185 g/mol. The summed E-state index contributed by atoms with van der Waals surface area (Å²) >= 11 is 0. The zero-order valence-electron chi connectivity index (χ0n) is 8.11. The third-order valence-corrected chi connectivity index (χ3v) is 2.24. The van der Waals surface area contributed by atoms with Crippen LogP contribution in [0.2, 0.25) is 6.32 Å². The Hall–Kier alpha value is -0.675. The molecule has 1 fully saturated rings. The van der Waals surface area contributed by atoms with Gasteiger partial charge in [0.15, 0.2) is 0 Å². The van der Waals surface area contributed by atoms with Crippen molar-refractivity contribution in [2.24, 2.45) is 5.92 Å². The highest BCUT2D eigenvalue weighted by Crippen LogP contribution is 2.15. The second-order valence-electron chi connectivity index (χ2n) is 3.35. The fraction of sp³-hybridized carbons (Fsp3) is 0.875. The predicted molar refractivity (Wildman–Crippen MR) is 50.2 cm³/mol. The van der Waals surface area contributed by atoms with E-state index < -0.39 is 7.12 Å². The number of hydrogen-bond donors (Lipinski definition) is 3. The van der Waals surface area contributed by atoms with E-state index in [-0.39, 0.29) is 6.15 Å². The summed E-state index contributed by atoms with van der Waals surface area (Å²) in [6.07, 6.45) is 4.09. The zero-order chi connectivity index (χ0) is 10.8. The first-order chi connectivity index (χ1) is 6.70. The largest absolute Gasteiger partial charge is 0.451 e. The van der Waals surface area contributed by atoms with Crippen molar-refractivity contribution in [3.8, 4) is 0 Å². The van der Waals surface area contributed by atoms with Gasteiger partial charge in [-0.15, -0.1) is 0 Å².